The number of nitrogens with zero attached hydrogens (tertiary/aromatic N) is 4. The van der Waals surface area contributed by atoms with Crippen LogP contribution in [0.3, 0.4) is 0 Å². The molecule has 2 heterocycles. The average molecular weight is 639 g/mol. The van der Waals surface area contributed by atoms with E-state index >= 15 is 0 Å². The van der Waals surface area contributed by atoms with Crippen LogP contribution in [0, 0.1) is 0 Å². The van der Waals surface area contributed by atoms with Gasteiger partial charge in [0.05, 0.1) is 17.4 Å². The number of hydrogen-bond donors (Lipinski definition) is 0. The molecule has 0 amide bonds. The van der Waals surface area contributed by atoms with Crippen LogP contribution in [0.4, 0.5) is 5.69 Å². The van der Waals surface area contributed by atoms with Crippen LogP contribution in [0.1, 0.15) is 5.56 Å². The van der Waals surface area contributed by atoms with Gasteiger partial charge in [-0.15, -0.1) is 0 Å². The second kappa shape index (κ2) is 12.3. The molecule has 0 radical (unpaired) electrons. The largest absolute Gasteiger partial charge is 0.262 e. The highest BCUT2D eigenvalue weighted by Gasteiger charge is 2.18. The third-order valence-electron chi connectivity index (χ3n) is 9.42. The van der Waals surface area contributed by atoms with Gasteiger partial charge in [0.15, 0.2) is 5.84 Å². The van der Waals surface area contributed by atoms with E-state index in [1.54, 1.807) is 12.4 Å². The lowest BCUT2D eigenvalue weighted by molar-refractivity contribution is 1.30. The van der Waals surface area contributed by atoms with Crippen LogP contribution >= 0.6 is 0 Å². The molecule has 0 fully saturated rings. The van der Waals surface area contributed by atoms with Crippen LogP contribution < -0.4 is 0 Å². The van der Waals surface area contributed by atoms with Crippen LogP contribution in [0.25, 0.3) is 76.6 Å². The van der Waals surface area contributed by atoms with Crippen molar-refractivity contribution in [3.05, 3.63) is 176 Å². The minimum atomic E-state index is 0.501. The summed E-state index contributed by atoms with van der Waals surface area (Å²) in [6.45, 7) is 3.85. The molecule has 9 rings (SSSR count). The van der Waals surface area contributed by atoms with Crippen LogP contribution in [-0.2, 0) is 0 Å². The van der Waals surface area contributed by atoms with Gasteiger partial charge in [-0.3, -0.25) is 9.97 Å². The normalized spacial score (nSPS) is 11.8. The summed E-state index contributed by atoms with van der Waals surface area (Å²) in [5.74, 6) is 0.501. The number of fused-ring (bicyclic) bond motifs is 8. The van der Waals surface area contributed by atoms with Crippen molar-refractivity contribution in [1.29, 1.82) is 0 Å². The first-order chi connectivity index (χ1) is 24.7. The molecule has 234 valence electrons. The van der Waals surface area contributed by atoms with Crippen LogP contribution in [0.5, 0.6) is 0 Å². The van der Waals surface area contributed by atoms with E-state index in [1.807, 2.05) is 18.3 Å². The standard InChI is InChI=1S/C46H30N4/c1-47-46(50-36-17-12-22-48-29-36)35-26-43-44-39-20-10-8-18-37(39)41(27-42(44)38-19-9-11-21-40(38)45(43)49-28-35)34-24-32(30-13-4-2-5-14-30)23-33(25-34)31-15-6-3-7-16-31/h2-29H,1H2. The quantitative estimate of drug-likeness (QED) is 0.107. The second-order valence-electron chi connectivity index (χ2n) is 12.4. The number of aliphatic imine (C=N–C) groups is 2. The van der Waals surface area contributed by atoms with Crippen molar-refractivity contribution in [1.82, 2.24) is 9.97 Å². The van der Waals surface area contributed by atoms with E-state index < -0.39 is 0 Å². The van der Waals surface area contributed by atoms with Crippen molar-refractivity contribution in [3.63, 3.8) is 0 Å². The molecule has 0 aliphatic heterocycles. The third kappa shape index (κ3) is 5.11. The fraction of sp³-hybridized carbons (Fsp3) is 0. The number of benzene rings is 7. The van der Waals surface area contributed by atoms with E-state index in [0.717, 1.165) is 32.6 Å². The molecule has 0 spiro atoms. The Hall–Kier alpha value is -6.78. The topological polar surface area (TPSA) is 50.5 Å². The molecule has 0 unspecified atom stereocenters. The number of pyridine rings is 2. The van der Waals surface area contributed by atoms with Gasteiger partial charge in [-0.1, -0.05) is 109 Å². The van der Waals surface area contributed by atoms with Crippen molar-refractivity contribution in [2.75, 3.05) is 0 Å². The van der Waals surface area contributed by atoms with Crippen LogP contribution in [0.15, 0.2) is 180 Å². The van der Waals surface area contributed by atoms with E-state index in [-0.39, 0.29) is 0 Å². The van der Waals surface area contributed by atoms with E-state index in [1.165, 1.54) is 49.5 Å². The number of hydrogen-bond acceptors (Lipinski definition) is 3. The highest BCUT2D eigenvalue weighted by atomic mass is 14.9. The first-order valence-corrected chi connectivity index (χ1v) is 16.6. The molecule has 0 saturated heterocycles. The van der Waals surface area contributed by atoms with E-state index in [2.05, 4.69) is 156 Å². The molecule has 2 aromatic heterocycles. The molecular formula is C46H30N4. The summed E-state index contributed by atoms with van der Waals surface area (Å²) in [7, 11) is 0. The zero-order valence-corrected chi connectivity index (χ0v) is 27.2. The fourth-order valence-corrected chi connectivity index (χ4v) is 7.14. The fourth-order valence-electron chi connectivity index (χ4n) is 7.14. The lowest BCUT2D eigenvalue weighted by Crippen LogP contribution is -1.99. The maximum Gasteiger partial charge on any atom is 0.160 e. The van der Waals surface area contributed by atoms with Crippen molar-refractivity contribution in [3.8, 4) is 33.4 Å². The Morgan fingerprint density at radius 3 is 1.76 bits per heavy atom. The molecule has 4 heteroatoms. The van der Waals surface area contributed by atoms with Crippen LogP contribution in [-0.4, -0.2) is 22.5 Å². The highest BCUT2D eigenvalue weighted by Crippen LogP contribution is 2.44. The summed E-state index contributed by atoms with van der Waals surface area (Å²) in [6.07, 6.45) is 5.30. The molecule has 0 atom stereocenters. The maximum atomic E-state index is 5.06. The van der Waals surface area contributed by atoms with Gasteiger partial charge in [0.25, 0.3) is 0 Å². The van der Waals surface area contributed by atoms with E-state index in [0.29, 0.717) is 11.5 Å². The van der Waals surface area contributed by atoms with Crippen molar-refractivity contribution < 1.29 is 0 Å². The summed E-state index contributed by atoms with van der Waals surface area (Å²) in [4.78, 5) is 18.4. The minimum absolute atomic E-state index is 0.501. The van der Waals surface area contributed by atoms with E-state index in [4.69, 9.17) is 9.98 Å². The van der Waals surface area contributed by atoms with Crippen molar-refractivity contribution >= 4 is 61.5 Å². The second-order valence-corrected chi connectivity index (χ2v) is 12.4. The summed E-state index contributed by atoms with van der Waals surface area (Å²) < 4.78 is 0. The predicted octanol–water partition coefficient (Wildman–Crippen LogP) is 11.9. The summed E-state index contributed by atoms with van der Waals surface area (Å²) in [5, 5.41) is 7.98. The Morgan fingerprint density at radius 1 is 0.480 bits per heavy atom. The van der Waals surface area contributed by atoms with Gasteiger partial charge in [-0.05, 0) is 109 Å². The SMILES string of the molecule is C=NC(=Nc1cccnc1)c1cnc2c3ccccc3c3cc(-c4cc(-c5ccccc5)cc(-c5ccccc5)c4)c4ccccc4c3c2c1. The van der Waals surface area contributed by atoms with Gasteiger partial charge in [0.1, 0.15) is 0 Å². The molecule has 0 N–H and O–H groups in total. The number of rotatable bonds is 5. The molecule has 0 bridgehead atoms. The Balaban J connectivity index is 1.37. The van der Waals surface area contributed by atoms with Crippen molar-refractivity contribution in [2.45, 2.75) is 0 Å². The first kappa shape index (κ1) is 29.4. The summed E-state index contributed by atoms with van der Waals surface area (Å²) in [6, 6.07) is 53.8. The average Bonchev–Trinajstić information content (AvgIpc) is 3.20. The maximum absolute atomic E-state index is 5.06. The minimum Gasteiger partial charge on any atom is -0.262 e. The predicted molar refractivity (Wildman–Crippen MR) is 211 cm³/mol. The summed E-state index contributed by atoms with van der Waals surface area (Å²) in [5.41, 5.74) is 9.53. The van der Waals surface area contributed by atoms with Crippen LogP contribution in [0.2, 0.25) is 0 Å². The van der Waals surface area contributed by atoms with Gasteiger partial charge in [0, 0.05) is 28.7 Å². The van der Waals surface area contributed by atoms with Crippen molar-refractivity contribution in [2.24, 2.45) is 9.98 Å². The molecular weight excluding hydrogens is 609 g/mol. The number of amidine groups is 1. The Bertz CT molecular complexity index is 2700. The molecule has 4 nitrogen and oxygen atoms in total. The third-order valence-corrected chi connectivity index (χ3v) is 9.42. The van der Waals surface area contributed by atoms with E-state index in [9.17, 15) is 0 Å². The number of aromatic nitrogens is 2. The molecule has 0 aliphatic carbocycles. The lowest BCUT2D eigenvalue weighted by Gasteiger charge is -2.17. The first-order valence-electron chi connectivity index (χ1n) is 16.6. The van der Waals surface area contributed by atoms with Gasteiger partial charge in [0.2, 0.25) is 0 Å². The zero-order chi connectivity index (χ0) is 33.4. The molecule has 0 saturated carbocycles. The van der Waals surface area contributed by atoms with Gasteiger partial charge in [-0.2, -0.15) is 0 Å². The molecule has 50 heavy (non-hydrogen) atoms. The molecule has 7 aromatic carbocycles. The van der Waals surface area contributed by atoms with Gasteiger partial charge >= 0.3 is 0 Å². The highest BCUT2D eigenvalue weighted by molar-refractivity contribution is 6.32. The smallest absolute Gasteiger partial charge is 0.160 e. The zero-order valence-electron chi connectivity index (χ0n) is 27.2. The summed E-state index contributed by atoms with van der Waals surface area (Å²) >= 11 is 0. The van der Waals surface area contributed by atoms with Gasteiger partial charge < -0.3 is 0 Å². The Morgan fingerprint density at radius 2 is 1.10 bits per heavy atom. The molecule has 9 aromatic rings. The Kier molecular flexibility index (Phi) is 7.25. The Labute approximate surface area is 289 Å². The van der Waals surface area contributed by atoms with Gasteiger partial charge in [-0.25, -0.2) is 9.98 Å². The lowest BCUT2D eigenvalue weighted by atomic mass is 9.86. The monoisotopic (exact) mass is 638 g/mol. The molecule has 0 aliphatic rings.